The van der Waals surface area contributed by atoms with Crippen LogP contribution in [-0.4, -0.2) is 17.4 Å². The van der Waals surface area contributed by atoms with Crippen LogP contribution in [0.25, 0.3) is 0 Å². The van der Waals surface area contributed by atoms with E-state index in [1.165, 1.54) is 24.8 Å². The summed E-state index contributed by atoms with van der Waals surface area (Å²) in [4.78, 5) is 14.0. The van der Waals surface area contributed by atoms with Gasteiger partial charge in [-0.15, -0.1) is 0 Å². The lowest BCUT2D eigenvalue weighted by atomic mass is 9.93. The molecular weight excluding hydrogens is 198 g/mol. The van der Waals surface area contributed by atoms with Crippen LogP contribution >= 0.6 is 0 Å². The number of benzene rings is 1. The van der Waals surface area contributed by atoms with Gasteiger partial charge in [-0.05, 0) is 30.2 Å². The van der Waals surface area contributed by atoms with Crippen molar-refractivity contribution >= 4 is 5.91 Å². The van der Waals surface area contributed by atoms with Gasteiger partial charge in [0.05, 0.1) is 0 Å². The molecule has 2 nitrogen and oxygen atoms in total. The number of carbonyl (C=O) groups is 1. The highest BCUT2D eigenvalue weighted by Crippen LogP contribution is 2.53. The molecule has 0 aromatic heterocycles. The Morgan fingerprint density at radius 3 is 2.50 bits per heavy atom. The fourth-order valence-electron chi connectivity index (χ4n) is 2.59. The molecule has 1 aliphatic heterocycles. The van der Waals surface area contributed by atoms with Gasteiger partial charge in [0, 0.05) is 19.5 Å². The molecule has 1 heterocycles. The van der Waals surface area contributed by atoms with Gasteiger partial charge in [0.25, 0.3) is 0 Å². The third kappa shape index (κ3) is 1.84. The van der Waals surface area contributed by atoms with Crippen molar-refractivity contribution < 1.29 is 4.79 Å². The molecule has 1 spiro atoms. The summed E-state index contributed by atoms with van der Waals surface area (Å²) in [6.45, 7) is 1.74. The van der Waals surface area contributed by atoms with Crippen LogP contribution in [-0.2, 0) is 11.3 Å². The van der Waals surface area contributed by atoms with Gasteiger partial charge in [0.15, 0.2) is 0 Å². The number of hydrogen-bond donors (Lipinski definition) is 0. The maximum absolute atomic E-state index is 12.0. The number of likely N-dealkylation sites (tertiary alicyclic amines) is 1. The van der Waals surface area contributed by atoms with Crippen LogP contribution in [0.5, 0.6) is 0 Å². The first kappa shape index (κ1) is 9.88. The molecule has 0 unspecified atom stereocenters. The van der Waals surface area contributed by atoms with E-state index in [0.29, 0.717) is 11.3 Å². The molecule has 2 fully saturated rings. The van der Waals surface area contributed by atoms with Crippen LogP contribution < -0.4 is 0 Å². The van der Waals surface area contributed by atoms with Gasteiger partial charge in [-0.25, -0.2) is 0 Å². The molecule has 0 atom stereocenters. The number of nitrogens with zero attached hydrogens (tertiary/aromatic N) is 1. The van der Waals surface area contributed by atoms with Crippen LogP contribution in [0.3, 0.4) is 0 Å². The zero-order valence-electron chi connectivity index (χ0n) is 9.48. The number of rotatable bonds is 2. The zero-order chi connectivity index (χ0) is 11.0. The summed E-state index contributed by atoms with van der Waals surface area (Å²) in [5.74, 6) is 0.354. The summed E-state index contributed by atoms with van der Waals surface area (Å²) in [6, 6.07) is 10.3. The number of amides is 1. The van der Waals surface area contributed by atoms with E-state index in [0.717, 1.165) is 19.5 Å². The summed E-state index contributed by atoms with van der Waals surface area (Å²) >= 11 is 0. The predicted octanol–water partition coefficient (Wildman–Crippen LogP) is 2.59. The first-order chi connectivity index (χ1) is 7.77. The molecule has 0 radical (unpaired) electrons. The molecule has 84 valence electrons. The Labute approximate surface area is 96.3 Å². The minimum Gasteiger partial charge on any atom is -0.338 e. The van der Waals surface area contributed by atoms with Crippen LogP contribution in [0, 0.1) is 5.41 Å². The predicted molar refractivity (Wildman–Crippen MR) is 62.8 cm³/mol. The fourth-order valence-corrected chi connectivity index (χ4v) is 2.59. The van der Waals surface area contributed by atoms with Crippen molar-refractivity contribution in [2.45, 2.75) is 32.2 Å². The molecule has 1 saturated heterocycles. The van der Waals surface area contributed by atoms with Crippen molar-refractivity contribution in [2.75, 3.05) is 6.54 Å². The van der Waals surface area contributed by atoms with Crippen LogP contribution in [0.2, 0.25) is 0 Å². The standard InChI is InChI=1S/C14H17NO/c16-13-10-14(6-7-14)8-9-15(13)11-12-4-2-1-3-5-12/h1-5H,6-11H2. The van der Waals surface area contributed by atoms with Crippen molar-refractivity contribution in [1.29, 1.82) is 0 Å². The van der Waals surface area contributed by atoms with Crippen LogP contribution in [0.4, 0.5) is 0 Å². The summed E-state index contributed by atoms with van der Waals surface area (Å²) in [6.07, 6.45) is 4.56. The maximum atomic E-state index is 12.0. The Morgan fingerprint density at radius 1 is 1.12 bits per heavy atom. The Hall–Kier alpha value is -1.31. The average molecular weight is 215 g/mol. The Kier molecular flexibility index (Phi) is 2.23. The molecule has 1 aromatic rings. The van der Waals surface area contributed by atoms with E-state index in [1.807, 2.05) is 23.1 Å². The number of piperidine rings is 1. The average Bonchev–Trinajstić information content (AvgIpc) is 3.04. The van der Waals surface area contributed by atoms with Gasteiger partial charge in [-0.2, -0.15) is 0 Å². The van der Waals surface area contributed by atoms with E-state index in [2.05, 4.69) is 12.1 Å². The summed E-state index contributed by atoms with van der Waals surface area (Å²) in [5.41, 5.74) is 1.67. The Morgan fingerprint density at radius 2 is 1.88 bits per heavy atom. The molecular formula is C14H17NO. The molecule has 16 heavy (non-hydrogen) atoms. The van der Waals surface area contributed by atoms with Gasteiger partial charge in [-0.1, -0.05) is 30.3 Å². The van der Waals surface area contributed by atoms with Gasteiger partial charge in [-0.3, -0.25) is 4.79 Å². The monoisotopic (exact) mass is 215 g/mol. The summed E-state index contributed by atoms with van der Waals surface area (Å²) < 4.78 is 0. The van der Waals surface area contributed by atoms with Crippen molar-refractivity contribution in [1.82, 2.24) is 4.90 Å². The largest absolute Gasteiger partial charge is 0.338 e. The Balaban J connectivity index is 1.66. The van der Waals surface area contributed by atoms with Crippen LogP contribution in [0.15, 0.2) is 30.3 Å². The van der Waals surface area contributed by atoms with Crippen molar-refractivity contribution in [3.8, 4) is 0 Å². The van der Waals surface area contributed by atoms with Gasteiger partial charge >= 0.3 is 0 Å². The van der Waals surface area contributed by atoms with Gasteiger partial charge in [0.2, 0.25) is 5.91 Å². The van der Waals surface area contributed by atoms with Crippen LogP contribution in [0.1, 0.15) is 31.2 Å². The van der Waals surface area contributed by atoms with Crippen molar-refractivity contribution in [3.63, 3.8) is 0 Å². The SMILES string of the molecule is O=C1CC2(CCN1Cc1ccccc1)CC2. The molecule has 1 aliphatic carbocycles. The first-order valence-corrected chi connectivity index (χ1v) is 6.09. The lowest BCUT2D eigenvalue weighted by Crippen LogP contribution is -2.38. The second-order valence-electron chi connectivity index (χ2n) is 5.23. The zero-order valence-corrected chi connectivity index (χ0v) is 9.48. The van der Waals surface area contributed by atoms with E-state index >= 15 is 0 Å². The van der Waals surface area contributed by atoms with E-state index in [1.54, 1.807) is 0 Å². The quantitative estimate of drug-likeness (QED) is 0.742. The van der Waals surface area contributed by atoms with E-state index < -0.39 is 0 Å². The topological polar surface area (TPSA) is 20.3 Å². The first-order valence-electron chi connectivity index (χ1n) is 6.09. The lowest BCUT2D eigenvalue weighted by Gasteiger charge is -2.31. The normalized spacial score (nSPS) is 22.5. The third-order valence-electron chi connectivity index (χ3n) is 3.96. The fraction of sp³-hybridized carbons (Fsp3) is 0.500. The second-order valence-corrected chi connectivity index (χ2v) is 5.23. The van der Waals surface area contributed by atoms with Gasteiger partial charge < -0.3 is 4.90 Å². The third-order valence-corrected chi connectivity index (χ3v) is 3.96. The lowest BCUT2D eigenvalue weighted by molar-refractivity contribution is -0.136. The minimum absolute atomic E-state index is 0.354. The smallest absolute Gasteiger partial charge is 0.223 e. The van der Waals surface area contributed by atoms with E-state index in [-0.39, 0.29) is 0 Å². The Bertz CT molecular complexity index is 394. The van der Waals surface area contributed by atoms with Gasteiger partial charge in [0.1, 0.15) is 0 Å². The second kappa shape index (κ2) is 3.62. The summed E-state index contributed by atoms with van der Waals surface area (Å²) in [5, 5.41) is 0. The molecule has 0 N–H and O–H groups in total. The molecule has 2 aliphatic rings. The van der Waals surface area contributed by atoms with Crippen molar-refractivity contribution in [2.24, 2.45) is 5.41 Å². The molecule has 2 heteroatoms. The summed E-state index contributed by atoms with van der Waals surface area (Å²) in [7, 11) is 0. The molecule has 0 bridgehead atoms. The number of carbonyl (C=O) groups excluding carboxylic acids is 1. The molecule has 1 aromatic carbocycles. The maximum Gasteiger partial charge on any atom is 0.223 e. The highest BCUT2D eigenvalue weighted by molar-refractivity contribution is 5.78. The highest BCUT2D eigenvalue weighted by Gasteiger charge is 2.47. The molecule has 1 saturated carbocycles. The van der Waals surface area contributed by atoms with E-state index in [9.17, 15) is 4.79 Å². The molecule has 3 rings (SSSR count). The highest BCUT2D eigenvalue weighted by atomic mass is 16.2. The van der Waals surface area contributed by atoms with E-state index in [4.69, 9.17) is 0 Å². The number of hydrogen-bond acceptors (Lipinski definition) is 1. The minimum atomic E-state index is 0.354. The van der Waals surface area contributed by atoms with Crippen molar-refractivity contribution in [3.05, 3.63) is 35.9 Å². The molecule has 1 amide bonds.